The van der Waals surface area contributed by atoms with Crippen LogP contribution in [0, 0.1) is 17.8 Å². The molecular weight excluding hydrogens is 436 g/mol. The minimum atomic E-state index is -1.29. The van der Waals surface area contributed by atoms with Crippen LogP contribution in [-0.4, -0.2) is 53.5 Å². The number of hydrogen-bond donors (Lipinski definition) is 4. The van der Waals surface area contributed by atoms with Gasteiger partial charge in [0.15, 0.2) is 0 Å². The first-order valence-corrected chi connectivity index (χ1v) is 11.7. The van der Waals surface area contributed by atoms with Crippen molar-refractivity contribution in [3.05, 3.63) is 59.7 Å². The molecule has 0 bridgehead atoms. The highest BCUT2D eigenvalue weighted by atomic mass is 16.5. The Morgan fingerprint density at radius 1 is 0.971 bits per heavy atom. The Kier molecular flexibility index (Phi) is 6.00. The molecule has 0 heterocycles. The maximum absolute atomic E-state index is 12.6. The number of ether oxygens (including phenoxy) is 1. The zero-order chi connectivity index (χ0) is 23.8. The van der Waals surface area contributed by atoms with E-state index < -0.39 is 24.7 Å². The van der Waals surface area contributed by atoms with Crippen LogP contribution in [0.2, 0.25) is 0 Å². The number of hydrogen-bond acceptors (Lipinski definition) is 5. The van der Waals surface area contributed by atoms with Crippen molar-refractivity contribution in [2.45, 2.75) is 37.3 Å². The molecule has 5 unspecified atom stereocenters. The topological polar surface area (TPSA) is 125 Å². The lowest BCUT2D eigenvalue weighted by Gasteiger charge is -2.40. The van der Waals surface area contributed by atoms with E-state index in [2.05, 4.69) is 34.9 Å². The van der Waals surface area contributed by atoms with E-state index in [-0.39, 0.29) is 36.3 Å². The van der Waals surface area contributed by atoms with E-state index in [1.165, 1.54) is 11.1 Å². The van der Waals surface area contributed by atoms with Crippen LogP contribution in [0.15, 0.2) is 48.5 Å². The van der Waals surface area contributed by atoms with Gasteiger partial charge < -0.3 is 25.6 Å². The summed E-state index contributed by atoms with van der Waals surface area (Å²) in [6, 6.07) is 15.0. The molecule has 2 aromatic rings. The van der Waals surface area contributed by atoms with Crippen molar-refractivity contribution < 1.29 is 29.3 Å². The number of benzene rings is 2. The normalized spacial score (nSPS) is 25.3. The number of carbonyl (C=O) groups excluding carboxylic acids is 2. The van der Waals surface area contributed by atoms with Gasteiger partial charge in [0.05, 0.1) is 6.61 Å². The largest absolute Gasteiger partial charge is 0.480 e. The Morgan fingerprint density at radius 3 is 2.24 bits per heavy atom. The monoisotopic (exact) mass is 464 g/mol. The summed E-state index contributed by atoms with van der Waals surface area (Å²) in [4.78, 5) is 36.1. The predicted octanol–water partition coefficient (Wildman–Crippen LogP) is 2.50. The van der Waals surface area contributed by atoms with Crippen LogP contribution in [0.4, 0.5) is 4.79 Å². The van der Waals surface area contributed by atoms with Gasteiger partial charge in [-0.2, -0.15) is 0 Å². The van der Waals surface area contributed by atoms with Crippen LogP contribution in [0.25, 0.3) is 11.1 Å². The number of nitrogens with one attached hydrogen (secondary N) is 2. The highest BCUT2D eigenvalue weighted by Gasteiger charge is 2.50. The van der Waals surface area contributed by atoms with Crippen LogP contribution in [0.5, 0.6) is 0 Å². The van der Waals surface area contributed by atoms with Gasteiger partial charge in [0.2, 0.25) is 5.91 Å². The summed E-state index contributed by atoms with van der Waals surface area (Å²) in [7, 11) is 0. The Labute approximate surface area is 197 Å². The average Bonchev–Trinajstić information content (AvgIpc) is 3.34. The quantitative estimate of drug-likeness (QED) is 0.499. The maximum Gasteiger partial charge on any atom is 0.407 e. The third-order valence-electron chi connectivity index (χ3n) is 7.64. The van der Waals surface area contributed by atoms with E-state index in [9.17, 15) is 14.4 Å². The Bertz CT molecular complexity index is 1070. The number of aliphatic hydroxyl groups is 1. The summed E-state index contributed by atoms with van der Waals surface area (Å²) in [5.41, 5.74) is 4.67. The van der Waals surface area contributed by atoms with Crippen LogP contribution in [0.3, 0.4) is 0 Å². The average molecular weight is 465 g/mol. The van der Waals surface area contributed by atoms with E-state index in [1.54, 1.807) is 0 Å². The van der Waals surface area contributed by atoms with Crippen molar-refractivity contribution >= 4 is 18.0 Å². The van der Waals surface area contributed by atoms with Crippen LogP contribution < -0.4 is 10.6 Å². The van der Waals surface area contributed by atoms with Crippen LogP contribution >= 0.6 is 0 Å². The van der Waals surface area contributed by atoms with Crippen molar-refractivity contribution in [2.75, 3.05) is 13.2 Å². The lowest BCUT2D eigenvalue weighted by molar-refractivity contribution is -0.143. The van der Waals surface area contributed by atoms with Crippen molar-refractivity contribution in [3.8, 4) is 11.1 Å². The summed E-state index contributed by atoms with van der Waals surface area (Å²) in [6.45, 7) is -0.393. The zero-order valence-electron chi connectivity index (χ0n) is 18.6. The molecule has 8 heteroatoms. The van der Waals surface area contributed by atoms with E-state index in [1.807, 2.05) is 24.3 Å². The molecule has 3 aliphatic rings. The van der Waals surface area contributed by atoms with E-state index in [0.717, 1.165) is 17.5 Å². The second-order valence-corrected chi connectivity index (χ2v) is 9.49. The van der Waals surface area contributed by atoms with Gasteiger partial charge in [-0.15, -0.1) is 0 Å². The van der Waals surface area contributed by atoms with Crippen LogP contribution in [-0.2, 0) is 14.3 Å². The highest BCUT2D eigenvalue weighted by Crippen LogP contribution is 2.50. The molecule has 178 valence electrons. The fraction of sp³-hybridized carbons (Fsp3) is 0.423. The number of aliphatic hydroxyl groups excluding tert-OH is 1. The smallest absolute Gasteiger partial charge is 0.407 e. The van der Waals surface area contributed by atoms with Gasteiger partial charge in [0.1, 0.15) is 12.6 Å². The summed E-state index contributed by atoms with van der Waals surface area (Å²) in [6.07, 6.45) is 1.57. The second kappa shape index (κ2) is 9.10. The summed E-state index contributed by atoms with van der Waals surface area (Å²) < 4.78 is 5.64. The van der Waals surface area contributed by atoms with Gasteiger partial charge in [0, 0.05) is 17.9 Å². The summed E-state index contributed by atoms with van der Waals surface area (Å²) in [5.74, 6) is -1.42. The van der Waals surface area contributed by atoms with Gasteiger partial charge in [-0.25, -0.2) is 9.59 Å². The molecule has 0 aromatic heterocycles. The Hall–Kier alpha value is -3.39. The highest BCUT2D eigenvalue weighted by molar-refractivity contribution is 5.85. The third kappa shape index (κ3) is 4.03. The summed E-state index contributed by atoms with van der Waals surface area (Å²) in [5, 5.41) is 23.5. The number of amides is 2. The first kappa shape index (κ1) is 22.4. The second-order valence-electron chi connectivity index (χ2n) is 9.49. The van der Waals surface area contributed by atoms with E-state index in [0.29, 0.717) is 18.8 Å². The molecule has 4 N–H and O–H groups in total. The lowest BCUT2D eigenvalue weighted by atomic mass is 9.71. The number of carboxylic acid groups (broad SMARTS) is 1. The molecular formula is C26H28N2O6. The molecule has 0 spiro atoms. The first-order valence-electron chi connectivity index (χ1n) is 11.7. The predicted molar refractivity (Wildman–Crippen MR) is 123 cm³/mol. The van der Waals surface area contributed by atoms with E-state index in [4.69, 9.17) is 14.9 Å². The van der Waals surface area contributed by atoms with Crippen molar-refractivity contribution in [1.29, 1.82) is 0 Å². The molecule has 0 aliphatic heterocycles. The Balaban J connectivity index is 1.14. The number of rotatable bonds is 7. The standard InChI is InChI=1S/C26H28N2O6/c29-12-23(25(31)32)27-24(30)15-9-14-11-22(20(14)10-15)28-26(33)34-13-21-18-7-3-1-5-16(18)17-6-2-4-8-19(17)21/h1-8,14-15,20-23,29H,9-13H2,(H,27,30)(H,28,33)(H,31,32). The molecule has 2 aromatic carbocycles. The van der Waals surface area contributed by atoms with Gasteiger partial charge >= 0.3 is 12.1 Å². The third-order valence-corrected chi connectivity index (χ3v) is 7.64. The van der Waals surface area contributed by atoms with Gasteiger partial charge in [-0.3, -0.25) is 4.79 Å². The van der Waals surface area contributed by atoms with Crippen molar-refractivity contribution in [3.63, 3.8) is 0 Å². The summed E-state index contributed by atoms with van der Waals surface area (Å²) >= 11 is 0. The number of carbonyl (C=O) groups is 3. The number of alkyl carbamates (subject to hydrolysis) is 1. The maximum atomic E-state index is 12.6. The first-order chi connectivity index (χ1) is 16.5. The molecule has 3 aliphatic carbocycles. The molecule has 34 heavy (non-hydrogen) atoms. The molecule has 5 rings (SSSR count). The fourth-order valence-electron chi connectivity index (χ4n) is 5.87. The molecule has 8 nitrogen and oxygen atoms in total. The van der Waals surface area contributed by atoms with Gasteiger partial charge in [0.25, 0.3) is 0 Å². The molecule has 2 fully saturated rings. The zero-order valence-corrected chi connectivity index (χ0v) is 18.6. The number of fused-ring (bicyclic) bond motifs is 4. The fourth-order valence-corrected chi connectivity index (χ4v) is 5.87. The minimum Gasteiger partial charge on any atom is -0.480 e. The molecule has 2 saturated carbocycles. The Morgan fingerprint density at radius 2 is 1.62 bits per heavy atom. The van der Waals surface area contributed by atoms with Gasteiger partial charge in [-0.05, 0) is 53.4 Å². The van der Waals surface area contributed by atoms with Crippen molar-refractivity contribution in [2.24, 2.45) is 17.8 Å². The number of aliphatic carboxylic acids is 1. The van der Waals surface area contributed by atoms with Gasteiger partial charge in [-0.1, -0.05) is 48.5 Å². The van der Waals surface area contributed by atoms with Crippen molar-refractivity contribution in [1.82, 2.24) is 10.6 Å². The SMILES string of the molecule is O=C(NC1CC2CC(C(=O)NC(CO)C(=O)O)CC21)OCC1c2ccccc2-c2ccccc21. The molecule has 0 radical (unpaired) electrons. The number of carboxylic acids is 1. The van der Waals surface area contributed by atoms with E-state index >= 15 is 0 Å². The molecule has 2 amide bonds. The molecule has 5 atom stereocenters. The lowest BCUT2D eigenvalue weighted by Crippen LogP contribution is -2.50. The minimum absolute atomic E-state index is 0.000511. The van der Waals surface area contributed by atoms with Crippen LogP contribution in [0.1, 0.15) is 36.3 Å². The molecule has 0 saturated heterocycles.